The first-order chi connectivity index (χ1) is 14.8. The number of nitriles is 1. The van der Waals surface area contributed by atoms with Gasteiger partial charge in [-0.1, -0.05) is 36.4 Å². The van der Waals surface area contributed by atoms with Crippen LogP contribution in [-0.4, -0.2) is 32.5 Å². The normalized spacial score (nSPS) is 23.8. The molecule has 2 aliphatic heterocycles. The number of Topliss-reactive ketones (excluding diaryl/α,β-unsaturated/α-hetero) is 1. The van der Waals surface area contributed by atoms with Gasteiger partial charge in [-0.15, -0.1) is 0 Å². The molecule has 1 aliphatic carbocycles. The topological polar surface area (TPSA) is 87.0 Å². The van der Waals surface area contributed by atoms with Gasteiger partial charge in [0, 0.05) is 18.7 Å². The van der Waals surface area contributed by atoms with E-state index in [1.807, 2.05) is 30.3 Å². The summed E-state index contributed by atoms with van der Waals surface area (Å²) in [6, 6.07) is 17.4. The first kappa shape index (κ1) is 21.7. The molecule has 2 bridgehead atoms. The summed E-state index contributed by atoms with van der Waals surface area (Å²) < 4.78 is 23.6. The Morgan fingerprint density at radius 3 is 2.39 bits per heavy atom. The van der Waals surface area contributed by atoms with E-state index in [4.69, 9.17) is 0 Å². The first-order valence-corrected chi connectivity index (χ1v) is 12.8. The summed E-state index contributed by atoms with van der Waals surface area (Å²) in [6.07, 6.45) is 6.58. The van der Waals surface area contributed by atoms with Gasteiger partial charge in [-0.3, -0.25) is 4.79 Å². The number of hydrogen-bond acceptors (Lipinski definition) is 5. The summed E-state index contributed by atoms with van der Waals surface area (Å²) >= 11 is 0. The van der Waals surface area contributed by atoms with E-state index < -0.39 is 9.84 Å². The van der Waals surface area contributed by atoms with Crippen molar-refractivity contribution in [3.05, 3.63) is 54.1 Å². The third-order valence-corrected chi connectivity index (χ3v) is 7.78. The van der Waals surface area contributed by atoms with Crippen LogP contribution in [0.15, 0.2) is 53.4 Å². The molecule has 2 heterocycles. The number of carbonyl (C=O) groups is 1. The van der Waals surface area contributed by atoms with Crippen LogP contribution in [0.3, 0.4) is 0 Å². The summed E-state index contributed by atoms with van der Waals surface area (Å²) in [5.41, 5.74) is 2.75. The van der Waals surface area contributed by atoms with Gasteiger partial charge in [-0.2, -0.15) is 5.26 Å². The predicted octanol–water partition coefficient (Wildman–Crippen LogP) is 3.93. The molecule has 1 saturated carbocycles. The molecule has 0 aromatic heterocycles. The number of ketones is 1. The summed E-state index contributed by atoms with van der Waals surface area (Å²) in [6.45, 7) is 0. The maximum Gasteiger partial charge on any atom is 0.175 e. The summed E-state index contributed by atoms with van der Waals surface area (Å²) in [5.74, 6) is 0.267. The first-order valence-electron chi connectivity index (χ1n) is 10.9. The molecule has 0 unspecified atom stereocenters. The van der Waals surface area contributed by atoms with Crippen molar-refractivity contribution in [1.29, 1.82) is 5.26 Å². The zero-order valence-electron chi connectivity index (χ0n) is 17.8. The van der Waals surface area contributed by atoms with Gasteiger partial charge in [0.05, 0.1) is 22.9 Å². The molecule has 2 aromatic carbocycles. The van der Waals surface area contributed by atoms with Crippen LogP contribution >= 0.6 is 0 Å². The van der Waals surface area contributed by atoms with Crippen LogP contribution in [0.2, 0.25) is 0 Å². The highest BCUT2D eigenvalue weighted by atomic mass is 32.2. The second-order valence-electron chi connectivity index (χ2n) is 8.95. The lowest BCUT2D eigenvalue weighted by molar-refractivity contribution is -0.125. The Balaban J connectivity index is 1.41. The van der Waals surface area contributed by atoms with Crippen LogP contribution in [0, 0.1) is 23.2 Å². The number of nitrogens with one attached hydrogen (secondary N) is 1. The van der Waals surface area contributed by atoms with Crippen molar-refractivity contribution in [3.8, 4) is 17.2 Å². The largest absolute Gasteiger partial charge is 0.304 e. The van der Waals surface area contributed by atoms with E-state index in [-0.39, 0.29) is 24.2 Å². The molecule has 162 valence electrons. The fraction of sp³-hybridized carbons (Fsp3) is 0.440. The smallest absolute Gasteiger partial charge is 0.175 e. The maximum absolute atomic E-state index is 12.8. The van der Waals surface area contributed by atoms with Crippen LogP contribution in [-0.2, 0) is 21.1 Å². The van der Waals surface area contributed by atoms with Crippen molar-refractivity contribution in [1.82, 2.24) is 5.32 Å². The van der Waals surface area contributed by atoms with Gasteiger partial charge >= 0.3 is 0 Å². The Morgan fingerprint density at radius 1 is 1.10 bits per heavy atom. The number of hydrogen-bond donors (Lipinski definition) is 1. The minimum Gasteiger partial charge on any atom is -0.304 e. The highest BCUT2D eigenvalue weighted by Gasteiger charge is 2.39. The van der Waals surface area contributed by atoms with Gasteiger partial charge in [-0.05, 0) is 66.8 Å². The molecule has 0 amide bonds. The fourth-order valence-electron chi connectivity index (χ4n) is 4.92. The van der Waals surface area contributed by atoms with Crippen molar-refractivity contribution in [3.63, 3.8) is 0 Å². The van der Waals surface area contributed by atoms with Gasteiger partial charge in [0.2, 0.25) is 0 Å². The number of benzene rings is 2. The molecular formula is C25H28N2O3S. The highest BCUT2D eigenvalue weighted by molar-refractivity contribution is 7.90. The van der Waals surface area contributed by atoms with Crippen LogP contribution in [0.1, 0.15) is 37.7 Å². The maximum atomic E-state index is 12.8. The molecule has 31 heavy (non-hydrogen) atoms. The lowest BCUT2D eigenvalue weighted by Crippen LogP contribution is -2.56. The van der Waals surface area contributed by atoms with Crippen LogP contribution in [0.25, 0.3) is 11.1 Å². The van der Waals surface area contributed by atoms with E-state index in [1.165, 1.54) is 6.26 Å². The molecule has 3 aliphatic rings. The zero-order chi connectivity index (χ0) is 22.0. The molecule has 0 spiro atoms. The summed E-state index contributed by atoms with van der Waals surface area (Å²) in [7, 11) is -3.26. The molecule has 0 radical (unpaired) electrons. The molecule has 5 nitrogen and oxygen atoms in total. The van der Waals surface area contributed by atoms with E-state index >= 15 is 0 Å². The molecular weight excluding hydrogens is 408 g/mol. The van der Waals surface area contributed by atoms with Gasteiger partial charge < -0.3 is 5.32 Å². The van der Waals surface area contributed by atoms with Crippen LogP contribution in [0.5, 0.6) is 0 Å². The minimum atomic E-state index is -3.26. The molecule has 2 atom stereocenters. The Labute approximate surface area is 184 Å². The number of fused-ring (bicyclic) bond motifs is 3. The van der Waals surface area contributed by atoms with Gasteiger partial charge in [0.25, 0.3) is 0 Å². The molecule has 6 heteroatoms. The molecule has 2 aromatic rings. The fourth-order valence-corrected chi connectivity index (χ4v) is 5.59. The summed E-state index contributed by atoms with van der Waals surface area (Å²) in [5, 5.41) is 13.1. The van der Waals surface area contributed by atoms with Crippen molar-refractivity contribution in [2.75, 3.05) is 6.26 Å². The number of carbonyl (C=O) groups excluding carboxylic acids is 1. The molecule has 2 saturated heterocycles. The Kier molecular flexibility index (Phi) is 6.27. The highest BCUT2D eigenvalue weighted by Crippen LogP contribution is 2.34. The number of piperidine rings is 2. The Hall–Kier alpha value is -2.49. The standard InChI is InChI=1S/C25H28N2O3S/c1-31(29,30)23-4-2-3-21(15-23)19-7-5-17(6-8-19)13-18(16-26)14-24(28)25-20-9-11-22(27-25)12-10-20/h2-8,15,18,20,22,25,27H,9-14H2,1H3/t18-,20?,22?,25+/m1/s1. The van der Waals surface area contributed by atoms with E-state index in [0.717, 1.165) is 42.4 Å². The second-order valence-corrected chi connectivity index (χ2v) is 11.0. The number of sulfone groups is 1. The van der Waals surface area contributed by atoms with Crippen LogP contribution in [0.4, 0.5) is 0 Å². The predicted molar refractivity (Wildman–Crippen MR) is 120 cm³/mol. The molecule has 5 rings (SSSR count). The van der Waals surface area contributed by atoms with Crippen molar-refractivity contribution in [2.24, 2.45) is 11.8 Å². The minimum absolute atomic E-state index is 0.0761. The lowest BCUT2D eigenvalue weighted by atomic mass is 9.74. The SMILES string of the molecule is CS(=O)(=O)c1cccc(-c2ccc(C[C@@H](C#N)CC(=O)[C@H]3NC4CCC3CC4)cc2)c1. The average molecular weight is 437 g/mol. The average Bonchev–Trinajstić information content (AvgIpc) is 2.79. The third-order valence-electron chi connectivity index (χ3n) is 6.67. The monoisotopic (exact) mass is 436 g/mol. The van der Waals surface area contributed by atoms with E-state index in [2.05, 4.69) is 11.4 Å². The number of nitrogens with zero attached hydrogens (tertiary/aromatic N) is 1. The van der Waals surface area contributed by atoms with Gasteiger partial charge in [-0.25, -0.2) is 8.42 Å². The van der Waals surface area contributed by atoms with E-state index in [1.54, 1.807) is 18.2 Å². The van der Waals surface area contributed by atoms with Crippen molar-refractivity contribution < 1.29 is 13.2 Å². The summed E-state index contributed by atoms with van der Waals surface area (Å²) in [4.78, 5) is 13.1. The van der Waals surface area contributed by atoms with E-state index in [0.29, 0.717) is 23.3 Å². The van der Waals surface area contributed by atoms with Gasteiger partial charge in [0.15, 0.2) is 15.6 Å². The quantitative estimate of drug-likeness (QED) is 0.711. The van der Waals surface area contributed by atoms with Crippen molar-refractivity contribution >= 4 is 15.6 Å². The van der Waals surface area contributed by atoms with E-state index in [9.17, 15) is 18.5 Å². The molecule has 1 N–H and O–H groups in total. The Morgan fingerprint density at radius 2 is 1.81 bits per heavy atom. The van der Waals surface area contributed by atoms with Crippen molar-refractivity contribution in [2.45, 2.75) is 55.5 Å². The zero-order valence-corrected chi connectivity index (χ0v) is 18.6. The van der Waals surface area contributed by atoms with Crippen LogP contribution < -0.4 is 5.32 Å². The Bertz CT molecular complexity index is 1090. The lowest BCUT2D eigenvalue weighted by Gasteiger charge is -2.43. The molecule has 3 fully saturated rings. The third kappa shape index (κ3) is 5.06. The second kappa shape index (κ2) is 8.94. The van der Waals surface area contributed by atoms with Gasteiger partial charge in [0.1, 0.15) is 0 Å². The number of rotatable bonds is 7.